The average Bonchev–Trinajstić information content (AvgIpc) is 2.37. The second kappa shape index (κ2) is 6.28. The molecule has 0 fully saturated rings. The molecule has 1 N–H and O–H groups in total. The van der Waals surface area contributed by atoms with Crippen molar-refractivity contribution in [2.45, 2.75) is 11.8 Å². The molecule has 0 atom stereocenters. The van der Waals surface area contributed by atoms with Crippen molar-refractivity contribution in [1.82, 2.24) is 0 Å². The number of rotatable bonds is 3. The number of nitrogens with one attached hydrogen (secondary N) is 1. The topological polar surface area (TPSA) is 46.2 Å². The van der Waals surface area contributed by atoms with Gasteiger partial charge in [-0.25, -0.2) is 12.8 Å². The maximum absolute atomic E-state index is 13.8. The first-order chi connectivity index (χ1) is 9.70. The Morgan fingerprint density at radius 2 is 1.81 bits per heavy atom. The van der Waals surface area contributed by atoms with E-state index in [4.69, 9.17) is 23.2 Å². The smallest absolute Gasteiger partial charge is 0.263 e. The maximum Gasteiger partial charge on any atom is 0.263 e. The Hall–Kier alpha value is -0.570. The molecule has 0 saturated heterocycles. The fourth-order valence-corrected chi connectivity index (χ4v) is 3.96. The molecule has 0 radical (unpaired) electrons. The number of benzene rings is 2. The summed E-state index contributed by atoms with van der Waals surface area (Å²) in [7, 11) is -4.00. The lowest BCUT2D eigenvalue weighted by Gasteiger charge is -2.12. The zero-order valence-electron chi connectivity index (χ0n) is 10.6. The molecule has 0 aromatic heterocycles. The van der Waals surface area contributed by atoms with Crippen molar-refractivity contribution < 1.29 is 12.8 Å². The Kier molecular flexibility index (Phi) is 5.02. The predicted molar refractivity (Wildman–Crippen MR) is 91.1 cm³/mol. The molecular formula is C13H9Cl2FINO2S. The minimum Gasteiger partial charge on any atom is -0.277 e. The minimum absolute atomic E-state index is 0.0241. The van der Waals surface area contributed by atoms with Crippen LogP contribution in [0.25, 0.3) is 0 Å². The molecule has 0 aliphatic heterocycles. The molecule has 21 heavy (non-hydrogen) atoms. The Morgan fingerprint density at radius 1 is 1.14 bits per heavy atom. The molecular weight excluding hydrogens is 451 g/mol. The van der Waals surface area contributed by atoms with Crippen LogP contribution in [-0.2, 0) is 10.0 Å². The third-order valence-electron chi connectivity index (χ3n) is 2.68. The van der Waals surface area contributed by atoms with Gasteiger partial charge in [-0.2, -0.15) is 0 Å². The Balaban J connectivity index is 2.46. The number of sulfonamides is 1. The van der Waals surface area contributed by atoms with Crippen molar-refractivity contribution in [3.63, 3.8) is 0 Å². The lowest BCUT2D eigenvalue weighted by molar-refractivity contribution is 0.598. The van der Waals surface area contributed by atoms with Gasteiger partial charge in [-0.3, -0.25) is 4.72 Å². The van der Waals surface area contributed by atoms with Crippen LogP contribution in [0.1, 0.15) is 5.56 Å². The van der Waals surface area contributed by atoms with Gasteiger partial charge in [0.15, 0.2) is 0 Å². The Labute approximate surface area is 145 Å². The van der Waals surface area contributed by atoms with Crippen LogP contribution in [0.4, 0.5) is 10.1 Å². The SMILES string of the molecule is Cc1cc(S(=O)(=O)Nc2ccc(I)cc2F)c(Cl)cc1Cl. The van der Waals surface area contributed by atoms with Crippen LogP contribution in [0.5, 0.6) is 0 Å². The standard InChI is InChI=1S/C13H9Cl2FINO2S/c1-7-4-13(10(15)6-9(7)14)21(19,20)18-12-3-2-8(17)5-11(12)16/h2-6,18H,1H3. The predicted octanol–water partition coefficient (Wildman–Crippen LogP) is 4.85. The summed E-state index contributed by atoms with van der Waals surface area (Å²) in [4.78, 5) is -0.149. The van der Waals surface area contributed by atoms with Gasteiger partial charge in [-0.1, -0.05) is 23.2 Å². The highest BCUT2D eigenvalue weighted by Gasteiger charge is 2.21. The summed E-state index contributed by atoms with van der Waals surface area (Å²) < 4.78 is 41.2. The third kappa shape index (κ3) is 3.80. The zero-order chi connectivity index (χ0) is 15.8. The first kappa shape index (κ1) is 16.8. The van der Waals surface area contributed by atoms with Gasteiger partial charge in [0.25, 0.3) is 10.0 Å². The fraction of sp³-hybridized carbons (Fsp3) is 0.0769. The fourth-order valence-electron chi connectivity index (χ4n) is 1.61. The molecule has 0 spiro atoms. The van der Waals surface area contributed by atoms with Gasteiger partial charge < -0.3 is 0 Å². The van der Waals surface area contributed by atoms with E-state index in [1.807, 2.05) is 22.6 Å². The minimum atomic E-state index is -4.00. The van der Waals surface area contributed by atoms with Crippen molar-refractivity contribution in [3.8, 4) is 0 Å². The zero-order valence-corrected chi connectivity index (χ0v) is 15.1. The molecule has 8 heteroatoms. The van der Waals surface area contributed by atoms with Crippen LogP contribution in [0.3, 0.4) is 0 Å². The molecule has 0 unspecified atom stereocenters. The summed E-state index contributed by atoms with van der Waals surface area (Å²) in [5, 5.41) is 0.336. The largest absolute Gasteiger partial charge is 0.277 e. The van der Waals surface area contributed by atoms with Crippen molar-refractivity contribution in [2.75, 3.05) is 4.72 Å². The van der Waals surface area contributed by atoms with Crippen LogP contribution in [0.15, 0.2) is 35.2 Å². The summed E-state index contributed by atoms with van der Waals surface area (Å²) in [5.41, 5.74) is 0.420. The number of hydrogen-bond donors (Lipinski definition) is 1. The molecule has 0 bridgehead atoms. The molecule has 0 heterocycles. The van der Waals surface area contributed by atoms with E-state index in [0.29, 0.717) is 14.2 Å². The normalized spacial score (nSPS) is 11.5. The van der Waals surface area contributed by atoms with E-state index in [9.17, 15) is 12.8 Å². The van der Waals surface area contributed by atoms with E-state index < -0.39 is 15.8 Å². The van der Waals surface area contributed by atoms with Crippen LogP contribution < -0.4 is 4.72 Å². The number of anilines is 1. The molecule has 0 amide bonds. The monoisotopic (exact) mass is 459 g/mol. The molecule has 0 aliphatic rings. The Bertz CT molecular complexity index is 812. The second-order valence-corrected chi connectivity index (χ2v) is 7.97. The Morgan fingerprint density at radius 3 is 2.43 bits per heavy atom. The summed E-state index contributed by atoms with van der Waals surface area (Å²) in [5.74, 6) is -0.660. The first-order valence-electron chi connectivity index (χ1n) is 5.64. The quantitative estimate of drug-likeness (QED) is 0.667. The highest BCUT2D eigenvalue weighted by molar-refractivity contribution is 14.1. The van der Waals surface area contributed by atoms with Crippen molar-refractivity contribution >= 4 is 61.5 Å². The second-order valence-electron chi connectivity index (χ2n) is 4.26. The molecule has 3 nitrogen and oxygen atoms in total. The highest BCUT2D eigenvalue weighted by Crippen LogP contribution is 2.30. The van der Waals surface area contributed by atoms with Gasteiger partial charge in [0.1, 0.15) is 10.7 Å². The van der Waals surface area contributed by atoms with Crippen LogP contribution in [0.2, 0.25) is 10.0 Å². The maximum atomic E-state index is 13.8. The van der Waals surface area contributed by atoms with Gasteiger partial charge in [0, 0.05) is 8.59 Å². The molecule has 112 valence electrons. The van der Waals surface area contributed by atoms with Gasteiger partial charge >= 0.3 is 0 Å². The number of halogens is 4. The van der Waals surface area contributed by atoms with E-state index in [1.165, 1.54) is 24.3 Å². The molecule has 2 aromatic carbocycles. The average molecular weight is 460 g/mol. The van der Waals surface area contributed by atoms with Gasteiger partial charge in [0.2, 0.25) is 0 Å². The molecule has 0 aliphatic carbocycles. The van der Waals surface area contributed by atoms with E-state index in [1.54, 1.807) is 13.0 Å². The summed E-state index contributed by atoms with van der Waals surface area (Å²) >= 11 is 13.7. The van der Waals surface area contributed by atoms with Crippen LogP contribution in [-0.4, -0.2) is 8.42 Å². The first-order valence-corrected chi connectivity index (χ1v) is 8.96. The van der Waals surface area contributed by atoms with Crippen LogP contribution >= 0.6 is 45.8 Å². The van der Waals surface area contributed by atoms with E-state index in [0.717, 1.165) is 0 Å². The van der Waals surface area contributed by atoms with Gasteiger partial charge in [0.05, 0.1) is 10.7 Å². The van der Waals surface area contributed by atoms with Gasteiger partial charge in [-0.05, 0) is 65.4 Å². The summed E-state index contributed by atoms with van der Waals surface area (Å²) in [6, 6.07) is 6.86. The third-order valence-corrected chi connectivity index (χ3v) is 5.59. The highest BCUT2D eigenvalue weighted by atomic mass is 127. The van der Waals surface area contributed by atoms with Crippen molar-refractivity contribution in [2.24, 2.45) is 0 Å². The summed E-state index contributed by atoms with van der Waals surface area (Å²) in [6.07, 6.45) is 0. The van der Waals surface area contributed by atoms with E-state index in [-0.39, 0.29) is 15.6 Å². The summed E-state index contributed by atoms with van der Waals surface area (Å²) in [6.45, 7) is 1.66. The van der Waals surface area contributed by atoms with Crippen LogP contribution in [0, 0.1) is 16.3 Å². The van der Waals surface area contributed by atoms with Crippen molar-refractivity contribution in [1.29, 1.82) is 0 Å². The molecule has 2 rings (SSSR count). The molecule has 2 aromatic rings. The lowest BCUT2D eigenvalue weighted by Crippen LogP contribution is -2.14. The molecule has 0 saturated carbocycles. The van der Waals surface area contributed by atoms with E-state index >= 15 is 0 Å². The lowest BCUT2D eigenvalue weighted by atomic mass is 10.2. The van der Waals surface area contributed by atoms with E-state index in [2.05, 4.69) is 4.72 Å². The van der Waals surface area contributed by atoms with Crippen molar-refractivity contribution in [3.05, 3.63) is 55.3 Å². The van der Waals surface area contributed by atoms with Gasteiger partial charge in [-0.15, -0.1) is 0 Å². The number of aryl methyl sites for hydroxylation is 1. The number of hydrogen-bond acceptors (Lipinski definition) is 2.